The van der Waals surface area contributed by atoms with Crippen molar-refractivity contribution in [3.63, 3.8) is 0 Å². The molecule has 4 rings (SSSR count). The number of hydrogen-bond donors (Lipinski definition) is 1. The molecule has 2 atom stereocenters. The molecule has 130 valence electrons. The predicted octanol–water partition coefficient (Wildman–Crippen LogP) is 2.12. The van der Waals surface area contributed by atoms with Crippen LogP contribution in [0.2, 0.25) is 5.02 Å². The van der Waals surface area contributed by atoms with Gasteiger partial charge in [-0.05, 0) is 30.2 Å². The Balaban J connectivity index is 1.34. The van der Waals surface area contributed by atoms with Gasteiger partial charge in [0.15, 0.2) is 5.96 Å². The first-order chi connectivity index (χ1) is 12.2. The average Bonchev–Trinajstić information content (AvgIpc) is 3.42. The molecule has 2 heterocycles. The number of anilines is 1. The van der Waals surface area contributed by atoms with Gasteiger partial charge in [-0.2, -0.15) is 0 Å². The fraction of sp³-hybridized carbons (Fsp3) is 0.389. The maximum Gasteiger partial charge on any atom is 0.225 e. The molecule has 0 bridgehead atoms. The SMILES string of the molecule is NC(=N[C@@H]1C[C@H]1c1cccc(Cl)c1)N1CCN(c2ncccn2)CC1. The fourth-order valence-electron chi connectivity index (χ4n) is 3.26. The molecule has 1 aromatic carbocycles. The van der Waals surface area contributed by atoms with Gasteiger partial charge in [-0.25, -0.2) is 15.0 Å². The Kier molecular flexibility index (Phi) is 4.44. The van der Waals surface area contributed by atoms with Crippen molar-refractivity contribution in [3.05, 3.63) is 53.3 Å². The first-order valence-corrected chi connectivity index (χ1v) is 8.94. The summed E-state index contributed by atoms with van der Waals surface area (Å²) in [5.74, 6) is 1.86. The number of nitrogens with zero attached hydrogens (tertiary/aromatic N) is 5. The first kappa shape index (κ1) is 16.1. The van der Waals surface area contributed by atoms with Crippen molar-refractivity contribution in [3.8, 4) is 0 Å². The van der Waals surface area contributed by atoms with E-state index in [0.29, 0.717) is 11.9 Å². The van der Waals surface area contributed by atoms with Gasteiger partial charge in [0.1, 0.15) is 0 Å². The van der Waals surface area contributed by atoms with Crippen molar-refractivity contribution in [1.29, 1.82) is 0 Å². The zero-order chi connectivity index (χ0) is 17.2. The van der Waals surface area contributed by atoms with Gasteiger partial charge in [0.25, 0.3) is 0 Å². The molecule has 7 heteroatoms. The number of halogens is 1. The van der Waals surface area contributed by atoms with Crippen LogP contribution in [0.1, 0.15) is 17.9 Å². The number of aliphatic imine (C=N–C) groups is 1. The molecule has 0 radical (unpaired) electrons. The van der Waals surface area contributed by atoms with Gasteiger partial charge in [0, 0.05) is 49.5 Å². The van der Waals surface area contributed by atoms with E-state index in [0.717, 1.165) is 43.6 Å². The Labute approximate surface area is 152 Å². The highest BCUT2D eigenvalue weighted by molar-refractivity contribution is 6.30. The minimum atomic E-state index is 0.272. The second kappa shape index (κ2) is 6.88. The van der Waals surface area contributed by atoms with Gasteiger partial charge >= 0.3 is 0 Å². The van der Waals surface area contributed by atoms with E-state index in [1.54, 1.807) is 12.4 Å². The molecule has 1 aromatic heterocycles. The summed E-state index contributed by atoms with van der Waals surface area (Å²) in [4.78, 5) is 17.7. The van der Waals surface area contributed by atoms with Crippen LogP contribution < -0.4 is 10.6 Å². The summed E-state index contributed by atoms with van der Waals surface area (Å²) in [6.45, 7) is 3.37. The highest BCUT2D eigenvalue weighted by atomic mass is 35.5. The molecule has 2 fully saturated rings. The number of nitrogens with two attached hydrogens (primary N) is 1. The van der Waals surface area contributed by atoms with Crippen LogP contribution in [0.5, 0.6) is 0 Å². The highest BCUT2D eigenvalue weighted by Gasteiger charge is 2.39. The van der Waals surface area contributed by atoms with E-state index in [2.05, 4.69) is 25.8 Å². The van der Waals surface area contributed by atoms with Crippen LogP contribution in [0.4, 0.5) is 5.95 Å². The van der Waals surface area contributed by atoms with Gasteiger partial charge in [0.2, 0.25) is 5.95 Å². The zero-order valence-corrected chi connectivity index (χ0v) is 14.7. The second-order valence-electron chi connectivity index (χ2n) is 6.47. The van der Waals surface area contributed by atoms with Crippen LogP contribution in [0.3, 0.4) is 0 Å². The number of rotatable bonds is 3. The Morgan fingerprint density at radius 3 is 2.60 bits per heavy atom. The van der Waals surface area contributed by atoms with E-state index >= 15 is 0 Å². The zero-order valence-electron chi connectivity index (χ0n) is 13.9. The van der Waals surface area contributed by atoms with Gasteiger partial charge in [-0.3, -0.25) is 0 Å². The number of hydrogen-bond acceptors (Lipinski definition) is 4. The molecule has 2 aliphatic rings. The number of benzene rings is 1. The summed E-state index contributed by atoms with van der Waals surface area (Å²) in [6, 6.07) is 10.1. The lowest BCUT2D eigenvalue weighted by atomic mass is 10.1. The molecule has 2 aromatic rings. The van der Waals surface area contributed by atoms with Gasteiger partial charge in [0.05, 0.1) is 6.04 Å². The third kappa shape index (κ3) is 3.69. The normalized spacial score (nSPS) is 23.6. The standard InChI is InChI=1S/C18H21ClN6/c19-14-4-1-3-13(11-14)15-12-16(15)23-17(20)24-7-9-25(10-8-24)18-21-5-2-6-22-18/h1-6,11,15-16H,7-10,12H2,(H2,20,23)/t15-,16+/m0/s1. The van der Waals surface area contributed by atoms with Crippen LogP contribution in [0, 0.1) is 0 Å². The molecule has 0 unspecified atom stereocenters. The van der Waals surface area contributed by atoms with Gasteiger partial charge in [-0.1, -0.05) is 23.7 Å². The van der Waals surface area contributed by atoms with Crippen LogP contribution >= 0.6 is 11.6 Å². The molecule has 1 saturated carbocycles. The monoisotopic (exact) mass is 356 g/mol. The third-order valence-corrected chi connectivity index (χ3v) is 5.01. The summed E-state index contributed by atoms with van der Waals surface area (Å²) >= 11 is 6.07. The van der Waals surface area contributed by atoms with E-state index < -0.39 is 0 Å². The third-order valence-electron chi connectivity index (χ3n) is 4.77. The molecule has 6 nitrogen and oxygen atoms in total. The minimum absolute atomic E-state index is 0.272. The molecule has 0 spiro atoms. The topological polar surface area (TPSA) is 70.6 Å². The molecule has 1 aliphatic heterocycles. The maximum absolute atomic E-state index is 6.24. The first-order valence-electron chi connectivity index (χ1n) is 8.56. The lowest BCUT2D eigenvalue weighted by Gasteiger charge is -2.35. The van der Waals surface area contributed by atoms with Crippen molar-refractivity contribution in [2.45, 2.75) is 18.4 Å². The van der Waals surface area contributed by atoms with Crippen molar-refractivity contribution in [1.82, 2.24) is 14.9 Å². The molecular weight excluding hydrogens is 336 g/mol. The molecule has 2 N–H and O–H groups in total. The largest absolute Gasteiger partial charge is 0.370 e. The summed E-state index contributed by atoms with van der Waals surface area (Å²) in [6.07, 6.45) is 4.58. The van der Waals surface area contributed by atoms with Crippen LogP contribution in [0.25, 0.3) is 0 Å². The van der Waals surface area contributed by atoms with Crippen LogP contribution in [-0.2, 0) is 0 Å². The summed E-state index contributed by atoms with van der Waals surface area (Å²) in [5.41, 5.74) is 7.49. The quantitative estimate of drug-likeness (QED) is 0.673. The van der Waals surface area contributed by atoms with E-state index in [1.165, 1.54) is 5.56 Å². The summed E-state index contributed by atoms with van der Waals surface area (Å²) < 4.78 is 0. The van der Waals surface area contributed by atoms with Crippen molar-refractivity contribution in [2.75, 3.05) is 31.1 Å². The Morgan fingerprint density at radius 2 is 1.88 bits per heavy atom. The smallest absolute Gasteiger partial charge is 0.225 e. The highest BCUT2D eigenvalue weighted by Crippen LogP contribution is 2.44. The number of guanidine groups is 1. The summed E-state index contributed by atoms with van der Waals surface area (Å²) in [5, 5.41) is 0.777. The molecule has 1 aliphatic carbocycles. The fourth-order valence-corrected chi connectivity index (χ4v) is 3.46. The number of aromatic nitrogens is 2. The minimum Gasteiger partial charge on any atom is -0.370 e. The Morgan fingerprint density at radius 1 is 1.12 bits per heavy atom. The van der Waals surface area contributed by atoms with E-state index in [-0.39, 0.29) is 6.04 Å². The predicted molar refractivity (Wildman–Crippen MR) is 100 cm³/mol. The lowest BCUT2D eigenvalue weighted by molar-refractivity contribution is 0.378. The molecule has 1 saturated heterocycles. The molecule has 25 heavy (non-hydrogen) atoms. The van der Waals surface area contributed by atoms with E-state index in [9.17, 15) is 0 Å². The van der Waals surface area contributed by atoms with Crippen molar-refractivity contribution >= 4 is 23.5 Å². The van der Waals surface area contributed by atoms with E-state index in [4.69, 9.17) is 22.3 Å². The Hall–Kier alpha value is -2.34. The van der Waals surface area contributed by atoms with Crippen molar-refractivity contribution in [2.24, 2.45) is 10.7 Å². The average molecular weight is 357 g/mol. The van der Waals surface area contributed by atoms with Gasteiger partial charge in [-0.15, -0.1) is 0 Å². The Bertz CT molecular complexity index is 757. The summed E-state index contributed by atoms with van der Waals surface area (Å²) in [7, 11) is 0. The second-order valence-corrected chi connectivity index (χ2v) is 6.91. The van der Waals surface area contributed by atoms with Crippen molar-refractivity contribution < 1.29 is 0 Å². The van der Waals surface area contributed by atoms with E-state index in [1.807, 2.05) is 24.3 Å². The van der Waals surface area contributed by atoms with Gasteiger partial charge < -0.3 is 15.5 Å². The number of piperazine rings is 1. The van der Waals surface area contributed by atoms with Crippen LogP contribution in [-0.4, -0.2) is 53.0 Å². The maximum atomic E-state index is 6.24. The van der Waals surface area contributed by atoms with Crippen LogP contribution in [0.15, 0.2) is 47.7 Å². The molecule has 0 amide bonds. The lowest BCUT2D eigenvalue weighted by Crippen LogP contribution is -2.51. The molecular formula is C18H21ClN6.